The fourth-order valence-corrected chi connectivity index (χ4v) is 0.813. The van der Waals surface area contributed by atoms with E-state index in [-0.39, 0.29) is 0 Å². The Labute approximate surface area is 79.9 Å². The van der Waals surface area contributed by atoms with Crippen LogP contribution in [0.2, 0.25) is 5.15 Å². The van der Waals surface area contributed by atoms with E-state index in [1.807, 2.05) is 0 Å². The van der Waals surface area contributed by atoms with Crippen LogP contribution in [0.4, 0.5) is 0 Å². The molecule has 0 atom stereocenters. The summed E-state index contributed by atoms with van der Waals surface area (Å²) in [5.41, 5.74) is 1.05. The Morgan fingerprint density at radius 2 is 2.38 bits per heavy atom. The smallest absolute Gasteiger partial charge is 0.328 e. The third-order valence-electron chi connectivity index (χ3n) is 1.30. The highest BCUT2D eigenvalue weighted by molar-refractivity contribution is 6.29. The lowest BCUT2D eigenvalue weighted by Gasteiger charge is -1.96. The number of nitrogens with zero attached hydrogens (tertiary/aromatic N) is 2. The second-order valence-electron chi connectivity index (χ2n) is 2.34. The lowest BCUT2D eigenvalue weighted by molar-refractivity contribution is -0.131. The average Bonchev–Trinajstić information content (AvgIpc) is 2.07. The Bertz CT molecular complexity index is 363. The van der Waals surface area contributed by atoms with Crippen molar-refractivity contribution in [3.05, 3.63) is 28.8 Å². The second-order valence-corrected chi connectivity index (χ2v) is 2.70. The molecule has 0 aromatic carbocycles. The number of rotatable bonds is 2. The minimum Gasteiger partial charge on any atom is -0.478 e. The molecule has 0 spiro atoms. The number of carboxylic acids is 1. The normalized spacial score (nSPS) is 10.6. The molecule has 0 fully saturated rings. The minimum absolute atomic E-state index is 0.326. The van der Waals surface area contributed by atoms with Crippen LogP contribution in [0.25, 0.3) is 6.08 Å². The van der Waals surface area contributed by atoms with Gasteiger partial charge in [0.25, 0.3) is 0 Å². The van der Waals surface area contributed by atoms with Gasteiger partial charge < -0.3 is 5.11 Å². The van der Waals surface area contributed by atoms with Gasteiger partial charge in [-0.05, 0) is 13.0 Å². The van der Waals surface area contributed by atoms with E-state index in [0.717, 1.165) is 6.08 Å². The van der Waals surface area contributed by atoms with Gasteiger partial charge in [-0.15, -0.1) is 0 Å². The van der Waals surface area contributed by atoms with Gasteiger partial charge in [0.15, 0.2) is 0 Å². The van der Waals surface area contributed by atoms with E-state index in [1.54, 1.807) is 6.92 Å². The fourth-order valence-electron chi connectivity index (χ4n) is 0.722. The predicted octanol–water partition coefficient (Wildman–Crippen LogP) is 1.54. The molecule has 0 amide bonds. The van der Waals surface area contributed by atoms with Crippen LogP contribution in [0.1, 0.15) is 11.4 Å². The highest BCUT2D eigenvalue weighted by atomic mass is 35.5. The van der Waals surface area contributed by atoms with Gasteiger partial charge >= 0.3 is 5.97 Å². The van der Waals surface area contributed by atoms with E-state index in [0.29, 0.717) is 16.5 Å². The standard InChI is InChI=1S/C8H7ClN2O2/c1-5-8(9)10-4-6(11-5)2-3-7(12)13/h2-4H,1H3,(H,12,13). The molecule has 0 saturated heterocycles. The van der Waals surface area contributed by atoms with Gasteiger partial charge in [0.1, 0.15) is 5.15 Å². The zero-order valence-corrected chi connectivity index (χ0v) is 7.62. The maximum absolute atomic E-state index is 10.2. The van der Waals surface area contributed by atoms with Crippen LogP contribution in [-0.4, -0.2) is 21.0 Å². The van der Waals surface area contributed by atoms with E-state index in [2.05, 4.69) is 9.97 Å². The maximum atomic E-state index is 10.2. The van der Waals surface area contributed by atoms with Gasteiger partial charge in [-0.1, -0.05) is 11.6 Å². The molecule has 4 nitrogen and oxygen atoms in total. The predicted molar refractivity (Wildman–Crippen MR) is 48.4 cm³/mol. The summed E-state index contributed by atoms with van der Waals surface area (Å²) >= 11 is 5.63. The van der Waals surface area contributed by atoms with E-state index in [1.165, 1.54) is 12.3 Å². The van der Waals surface area contributed by atoms with Gasteiger partial charge in [0, 0.05) is 6.08 Å². The molecule has 0 unspecified atom stereocenters. The van der Waals surface area contributed by atoms with E-state index >= 15 is 0 Å². The summed E-state index contributed by atoms with van der Waals surface area (Å²) in [7, 11) is 0. The topological polar surface area (TPSA) is 63.1 Å². The molecule has 13 heavy (non-hydrogen) atoms. The first kappa shape index (κ1) is 9.67. The number of aromatic nitrogens is 2. The third kappa shape index (κ3) is 2.83. The van der Waals surface area contributed by atoms with Crippen molar-refractivity contribution in [2.24, 2.45) is 0 Å². The molecule has 1 aromatic heterocycles. The van der Waals surface area contributed by atoms with Crippen LogP contribution in [-0.2, 0) is 4.79 Å². The van der Waals surface area contributed by atoms with Crippen molar-refractivity contribution in [3.8, 4) is 0 Å². The molecule has 1 aromatic rings. The van der Waals surface area contributed by atoms with Gasteiger partial charge in [-0.3, -0.25) is 0 Å². The Balaban J connectivity index is 2.92. The van der Waals surface area contributed by atoms with Gasteiger partial charge in [-0.25, -0.2) is 14.8 Å². The van der Waals surface area contributed by atoms with Crippen LogP contribution in [0.15, 0.2) is 12.3 Å². The number of hydrogen-bond donors (Lipinski definition) is 1. The number of aryl methyl sites for hydroxylation is 1. The number of aliphatic carboxylic acids is 1. The van der Waals surface area contributed by atoms with Crippen LogP contribution in [0.3, 0.4) is 0 Å². The molecular formula is C8H7ClN2O2. The molecule has 5 heteroatoms. The van der Waals surface area contributed by atoms with Crippen molar-refractivity contribution in [1.29, 1.82) is 0 Å². The Morgan fingerprint density at radius 1 is 1.69 bits per heavy atom. The summed E-state index contributed by atoms with van der Waals surface area (Å²) in [6, 6.07) is 0. The largest absolute Gasteiger partial charge is 0.478 e. The van der Waals surface area contributed by atoms with Gasteiger partial charge in [0.2, 0.25) is 0 Å². The molecule has 0 aliphatic rings. The van der Waals surface area contributed by atoms with Gasteiger partial charge in [0.05, 0.1) is 17.6 Å². The second kappa shape index (κ2) is 4.00. The maximum Gasteiger partial charge on any atom is 0.328 e. The van der Waals surface area contributed by atoms with E-state index in [4.69, 9.17) is 16.7 Å². The molecule has 1 rings (SSSR count). The number of carboxylic acid groups (broad SMARTS) is 1. The van der Waals surface area contributed by atoms with Crippen molar-refractivity contribution in [1.82, 2.24) is 9.97 Å². The lowest BCUT2D eigenvalue weighted by Crippen LogP contribution is -1.91. The Kier molecular flexibility index (Phi) is 2.97. The quantitative estimate of drug-likeness (QED) is 0.733. The molecule has 0 radical (unpaired) electrons. The summed E-state index contributed by atoms with van der Waals surface area (Å²) in [6.07, 6.45) is 3.77. The molecule has 0 aliphatic heterocycles. The summed E-state index contributed by atoms with van der Waals surface area (Å²) in [4.78, 5) is 18.0. The van der Waals surface area contributed by atoms with Crippen LogP contribution in [0, 0.1) is 6.92 Å². The summed E-state index contributed by atoms with van der Waals surface area (Å²) < 4.78 is 0. The molecule has 0 saturated carbocycles. The molecule has 0 bridgehead atoms. The average molecular weight is 199 g/mol. The van der Waals surface area contributed by atoms with Crippen LogP contribution < -0.4 is 0 Å². The minimum atomic E-state index is -1.02. The summed E-state index contributed by atoms with van der Waals surface area (Å²) in [5, 5.41) is 8.66. The van der Waals surface area contributed by atoms with Crippen molar-refractivity contribution in [3.63, 3.8) is 0 Å². The molecular weight excluding hydrogens is 192 g/mol. The van der Waals surface area contributed by atoms with Crippen LogP contribution in [0.5, 0.6) is 0 Å². The van der Waals surface area contributed by atoms with Crippen molar-refractivity contribution in [2.75, 3.05) is 0 Å². The van der Waals surface area contributed by atoms with E-state index in [9.17, 15) is 4.79 Å². The van der Waals surface area contributed by atoms with Crippen molar-refractivity contribution < 1.29 is 9.90 Å². The first-order valence-corrected chi connectivity index (χ1v) is 3.87. The van der Waals surface area contributed by atoms with Gasteiger partial charge in [-0.2, -0.15) is 0 Å². The Morgan fingerprint density at radius 3 is 2.92 bits per heavy atom. The SMILES string of the molecule is Cc1nc(C=CC(=O)O)cnc1Cl. The van der Waals surface area contributed by atoms with Crippen LogP contribution >= 0.6 is 11.6 Å². The first-order chi connectivity index (χ1) is 6.09. The number of hydrogen-bond acceptors (Lipinski definition) is 3. The molecule has 68 valence electrons. The number of halogens is 1. The summed E-state index contributed by atoms with van der Waals surface area (Å²) in [6.45, 7) is 1.70. The van der Waals surface area contributed by atoms with Crippen molar-refractivity contribution >= 4 is 23.6 Å². The third-order valence-corrected chi connectivity index (χ3v) is 1.67. The Hall–Kier alpha value is -1.42. The first-order valence-electron chi connectivity index (χ1n) is 3.50. The zero-order valence-electron chi connectivity index (χ0n) is 6.86. The summed E-state index contributed by atoms with van der Waals surface area (Å²) in [5.74, 6) is -1.02. The molecule has 1 N–H and O–H groups in total. The highest BCUT2D eigenvalue weighted by Crippen LogP contribution is 2.09. The molecule has 1 heterocycles. The number of carbonyl (C=O) groups is 1. The fraction of sp³-hybridized carbons (Fsp3) is 0.125. The lowest BCUT2D eigenvalue weighted by atomic mass is 10.3. The van der Waals surface area contributed by atoms with Crippen molar-refractivity contribution in [2.45, 2.75) is 6.92 Å². The highest BCUT2D eigenvalue weighted by Gasteiger charge is 1.98. The monoisotopic (exact) mass is 198 g/mol. The molecule has 0 aliphatic carbocycles. The zero-order chi connectivity index (χ0) is 9.84. The van der Waals surface area contributed by atoms with E-state index < -0.39 is 5.97 Å².